The van der Waals surface area contributed by atoms with Gasteiger partial charge in [0.2, 0.25) is 0 Å². The van der Waals surface area contributed by atoms with Crippen molar-refractivity contribution in [3.63, 3.8) is 0 Å². The molecule has 2 N–H and O–H groups in total. The topological polar surface area (TPSA) is 58.6 Å². The van der Waals surface area contributed by atoms with Gasteiger partial charge in [-0.15, -0.1) is 0 Å². The highest BCUT2D eigenvalue weighted by Crippen LogP contribution is 2.33. The molecule has 0 aromatic heterocycles. The van der Waals surface area contributed by atoms with E-state index in [1.54, 1.807) is 0 Å². The smallest absolute Gasteiger partial charge is 0.329 e. The number of rotatable bonds is 5. The van der Waals surface area contributed by atoms with Crippen LogP contribution in [0.4, 0.5) is 5.69 Å². The molecule has 1 fully saturated rings. The average molecular weight is 342 g/mol. The monoisotopic (exact) mass is 341 g/mol. The number of ether oxygens (including phenoxy) is 1. The molecule has 1 saturated heterocycles. The summed E-state index contributed by atoms with van der Waals surface area (Å²) in [5, 5.41) is 12.9. The minimum Gasteiger partial charge on any atom is -0.480 e. The Morgan fingerprint density at radius 1 is 1.55 bits per heavy atom. The molecule has 0 spiro atoms. The molecule has 0 bridgehead atoms. The highest BCUT2D eigenvalue weighted by Gasteiger charge is 2.43. The molecule has 1 aliphatic rings. The number of carboxylic acids is 1. The van der Waals surface area contributed by atoms with E-state index in [0.717, 1.165) is 23.0 Å². The van der Waals surface area contributed by atoms with E-state index in [4.69, 9.17) is 4.74 Å². The van der Waals surface area contributed by atoms with Crippen LogP contribution in [0.25, 0.3) is 0 Å². The van der Waals surface area contributed by atoms with Crippen molar-refractivity contribution in [2.45, 2.75) is 44.2 Å². The van der Waals surface area contributed by atoms with E-state index in [9.17, 15) is 9.90 Å². The second-order valence-corrected chi connectivity index (χ2v) is 6.08. The highest BCUT2D eigenvalue weighted by atomic mass is 79.9. The van der Waals surface area contributed by atoms with E-state index in [0.29, 0.717) is 19.4 Å². The first-order valence-corrected chi connectivity index (χ1v) is 7.74. The van der Waals surface area contributed by atoms with Crippen LogP contribution in [-0.4, -0.2) is 29.3 Å². The largest absolute Gasteiger partial charge is 0.480 e. The van der Waals surface area contributed by atoms with Crippen molar-refractivity contribution in [3.05, 3.63) is 28.7 Å². The fourth-order valence-corrected chi connectivity index (χ4v) is 3.02. The lowest BCUT2D eigenvalue weighted by Gasteiger charge is -2.39. The molecule has 2 unspecified atom stereocenters. The van der Waals surface area contributed by atoms with Gasteiger partial charge in [-0.2, -0.15) is 0 Å². The van der Waals surface area contributed by atoms with Crippen molar-refractivity contribution >= 4 is 27.6 Å². The number of hydrogen-bond donors (Lipinski definition) is 2. The molecule has 5 heteroatoms. The van der Waals surface area contributed by atoms with Gasteiger partial charge < -0.3 is 15.2 Å². The van der Waals surface area contributed by atoms with Gasteiger partial charge in [0.05, 0.1) is 6.10 Å². The zero-order valence-electron chi connectivity index (χ0n) is 11.6. The van der Waals surface area contributed by atoms with Crippen LogP contribution in [0.5, 0.6) is 0 Å². The summed E-state index contributed by atoms with van der Waals surface area (Å²) >= 11 is 3.46. The number of carbonyl (C=O) groups is 1. The van der Waals surface area contributed by atoms with Crippen molar-refractivity contribution in [1.29, 1.82) is 0 Å². The minimum absolute atomic E-state index is 0.0137. The fraction of sp³-hybridized carbons (Fsp3) is 0.533. The molecule has 0 aliphatic carbocycles. The summed E-state index contributed by atoms with van der Waals surface area (Å²) in [5.41, 5.74) is -0.130. The van der Waals surface area contributed by atoms with Crippen LogP contribution in [0, 0.1) is 0 Å². The summed E-state index contributed by atoms with van der Waals surface area (Å²) in [4.78, 5) is 11.8. The number of carboxylic acid groups (broad SMARTS) is 1. The van der Waals surface area contributed by atoms with Gasteiger partial charge in [-0.3, -0.25) is 0 Å². The first kappa shape index (κ1) is 15.3. The normalized spacial score (nSPS) is 26.2. The maximum Gasteiger partial charge on any atom is 0.329 e. The first-order chi connectivity index (χ1) is 9.57. The lowest BCUT2D eigenvalue weighted by molar-refractivity contribution is -0.148. The highest BCUT2D eigenvalue weighted by molar-refractivity contribution is 9.10. The van der Waals surface area contributed by atoms with Gasteiger partial charge in [-0.05, 0) is 34.5 Å². The van der Waals surface area contributed by atoms with Gasteiger partial charge in [0.25, 0.3) is 0 Å². The Labute approximate surface area is 127 Å². The van der Waals surface area contributed by atoms with Gasteiger partial charge >= 0.3 is 5.97 Å². The third-order valence-electron chi connectivity index (χ3n) is 3.73. The van der Waals surface area contributed by atoms with Crippen molar-refractivity contribution < 1.29 is 14.6 Å². The molecule has 1 heterocycles. The number of para-hydroxylation sites is 1. The maximum atomic E-state index is 11.8. The van der Waals surface area contributed by atoms with Crippen molar-refractivity contribution in [3.8, 4) is 0 Å². The third kappa shape index (κ3) is 3.33. The minimum atomic E-state index is -0.942. The molecule has 1 aromatic carbocycles. The molecule has 0 radical (unpaired) electrons. The van der Waals surface area contributed by atoms with E-state index < -0.39 is 11.5 Å². The first-order valence-electron chi connectivity index (χ1n) is 6.95. The zero-order valence-corrected chi connectivity index (χ0v) is 13.1. The van der Waals surface area contributed by atoms with Crippen LogP contribution in [-0.2, 0) is 9.53 Å². The zero-order chi connectivity index (χ0) is 14.6. The molecule has 1 aliphatic heterocycles. The Balaban J connectivity index is 2.21. The average Bonchev–Trinajstić information content (AvgIpc) is 2.42. The molecule has 20 heavy (non-hydrogen) atoms. The molecule has 2 rings (SSSR count). The van der Waals surface area contributed by atoms with E-state index >= 15 is 0 Å². The van der Waals surface area contributed by atoms with Gasteiger partial charge in [-0.25, -0.2) is 4.79 Å². The molecule has 1 aromatic rings. The number of benzene rings is 1. The van der Waals surface area contributed by atoms with Crippen LogP contribution in [0.1, 0.15) is 32.6 Å². The molecule has 0 amide bonds. The van der Waals surface area contributed by atoms with Crippen LogP contribution in [0.2, 0.25) is 0 Å². The molecule has 110 valence electrons. The van der Waals surface area contributed by atoms with E-state index in [-0.39, 0.29) is 6.10 Å². The standard InChI is InChI=1S/C15H20BrNO3/c1-2-5-11-10-15(14(18)19,8-9-20-11)17-13-7-4-3-6-12(13)16/h3-4,6-7,11,17H,2,5,8-10H2,1H3,(H,18,19). The summed E-state index contributed by atoms with van der Waals surface area (Å²) in [5.74, 6) is -0.808. The van der Waals surface area contributed by atoms with Crippen molar-refractivity contribution in [1.82, 2.24) is 0 Å². The Morgan fingerprint density at radius 2 is 2.30 bits per heavy atom. The third-order valence-corrected chi connectivity index (χ3v) is 4.42. The number of anilines is 1. The van der Waals surface area contributed by atoms with Gasteiger partial charge in [0.15, 0.2) is 0 Å². The molecular weight excluding hydrogens is 322 g/mol. The lowest BCUT2D eigenvalue weighted by Crippen LogP contribution is -2.53. The Morgan fingerprint density at radius 3 is 2.95 bits per heavy atom. The summed E-state index contributed by atoms with van der Waals surface area (Å²) in [6, 6.07) is 7.60. The molecule has 0 saturated carbocycles. The van der Waals surface area contributed by atoms with E-state index in [1.165, 1.54) is 0 Å². The summed E-state index contributed by atoms with van der Waals surface area (Å²) in [6.07, 6.45) is 2.88. The van der Waals surface area contributed by atoms with Crippen molar-refractivity contribution in [2.75, 3.05) is 11.9 Å². The van der Waals surface area contributed by atoms with Gasteiger partial charge in [-0.1, -0.05) is 25.5 Å². The number of nitrogens with one attached hydrogen (secondary N) is 1. The molecule has 2 atom stereocenters. The number of halogens is 1. The summed E-state index contributed by atoms with van der Waals surface area (Å²) in [6.45, 7) is 2.57. The fourth-order valence-electron chi connectivity index (χ4n) is 2.64. The quantitative estimate of drug-likeness (QED) is 0.857. The van der Waals surface area contributed by atoms with Crippen LogP contribution in [0.15, 0.2) is 28.7 Å². The van der Waals surface area contributed by atoms with Crippen LogP contribution >= 0.6 is 15.9 Å². The number of hydrogen-bond acceptors (Lipinski definition) is 3. The molecular formula is C15H20BrNO3. The predicted octanol–water partition coefficient (Wildman–Crippen LogP) is 3.66. The Hall–Kier alpha value is -1.07. The Kier molecular flexibility index (Phi) is 5.05. The Bertz CT molecular complexity index is 478. The second kappa shape index (κ2) is 6.59. The van der Waals surface area contributed by atoms with Gasteiger partial charge in [0.1, 0.15) is 5.54 Å². The van der Waals surface area contributed by atoms with E-state index in [1.807, 2.05) is 24.3 Å². The lowest BCUT2D eigenvalue weighted by atomic mass is 9.85. The SMILES string of the molecule is CCCC1CC(Nc2ccccc2Br)(C(=O)O)CCO1. The van der Waals surface area contributed by atoms with Crippen molar-refractivity contribution in [2.24, 2.45) is 0 Å². The van der Waals surface area contributed by atoms with Crippen LogP contribution < -0.4 is 5.32 Å². The maximum absolute atomic E-state index is 11.8. The molecule has 4 nitrogen and oxygen atoms in total. The summed E-state index contributed by atoms with van der Waals surface area (Å²) < 4.78 is 6.55. The van der Waals surface area contributed by atoms with Crippen LogP contribution in [0.3, 0.4) is 0 Å². The number of aliphatic carboxylic acids is 1. The predicted molar refractivity (Wildman–Crippen MR) is 82.0 cm³/mol. The second-order valence-electron chi connectivity index (χ2n) is 5.23. The summed E-state index contributed by atoms with van der Waals surface area (Å²) in [7, 11) is 0. The van der Waals surface area contributed by atoms with Gasteiger partial charge in [0, 0.05) is 29.6 Å². The van der Waals surface area contributed by atoms with E-state index in [2.05, 4.69) is 28.2 Å².